The summed E-state index contributed by atoms with van der Waals surface area (Å²) in [6, 6.07) is 14.3. The maximum atomic E-state index is 13.2. The number of hydrogen-bond donors (Lipinski definition) is 0. The molecule has 1 aromatic heterocycles. The van der Waals surface area contributed by atoms with Crippen LogP contribution in [0.3, 0.4) is 0 Å². The largest absolute Gasteiger partial charge is 0.334 e. The molecule has 1 amide bonds. The van der Waals surface area contributed by atoms with Gasteiger partial charge >= 0.3 is 0 Å². The first-order valence-electron chi connectivity index (χ1n) is 11.1. The van der Waals surface area contributed by atoms with Crippen LogP contribution >= 0.6 is 0 Å². The molecule has 0 spiro atoms. The molecule has 0 saturated carbocycles. The summed E-state index contributed by atoms with van der Waals surface area (Å²) in [4.78, 5) is 19.6. The Kier molecular flexibility index (Phi) is 6.35. The van der Waals surface area contributed by atoms with E-state index in [0.717, 1.165) is 42.7 Å². The number of rotatable bonds is 6. The minimum Gasteiger partial charge on any atom is -0.334 e. The topological polar surface area (TPSA) is 75.5 Å². The van der Waals surface area contributed by atoms with Crippen LogP contribution in [0, 0.1) is 0 Å². The molecule has 0 N–H and O–H groups in total. The number of carbonyl (C=O) groups is 1. The van der Waals surface area contributed by atoms with Crippen molar-refractivity contribution in [3.8, 4) is 0 Å². The average Bonchev–Trinajstić information content (AvgIpc) is 3.15. The number of nitrogens with zero attached hydrogens (tertiary/aromatic N) is 4. The standard InChI is InChI=1S/C24H30N4O3S/c1-4-27-22-14-6-5-13-21(22)25-23(27)17-26(3)24(29)19-11-9-12-20(16-19)32(30,31)28-15-8-7-10-18(28)2/h5-6,9,11-14,16,18H,4,7-8,10,15,17H2,1-3H3. The number of carbonyl (C=O) groups excluding carboxylic acids is 1. The van der Waals surface area contributed by atoms with E-state index in [0.29, 0.717) is 18.7 Å². The molecule has 7 nitrogen and oxygen atoms in total. The second-order valence-electron chi connectivity index (χ2n) is 8.41. The fourth-order valence-corrected chi connectivity index (χ4v) is 6.20. The number of benzene rings is 2. The average molecular weight is 455 g/mol. The number of imidazole rings is 1. The summed E-state index contributed by atoms with van der Waals surface area (Å²) < 4.78 is 30.1. The van der Waals surface area contributed by atoms with E-state index in [-0.39, 0.29) is 16.8 Å². The van der Waals surface area contributed by atoms with Crippen LogP contribution in [0.5, 0.6) is 0 Å². The SMILES string of the molecule is CCn1c(CN(C)C(=O)c2cccc(S(=O)(=O)N3CCCCC3C)c2)nc2ccccc21. The first-order chi connectivity index (χ1) is 15.3. The minimum absolute atomic E-state index is 0.0298. The number of fused-ring (bicyclic) bond motifs is 1. The van der Waals surface area contributed by atoms with Crippen molar-refractivity contribution >= 4 is 27.0 Å². The Hall–Kier alpha value is -2.71. The van der Waals surface area contributed by atoms with Gasteiger partial charge < -0.3 is 9.47 Å². The molecule has 0 bridgehead atoms. The van der Waals surface area contributed by atoms with Crippen molar-refractivity contribution in [2.45, 2.75) is 57.1 Å². The highest BCUT2D eigenvalue weighted by atomic mass is 32.2. The molecule has 1 aliphatic rings. The second kappa shape index (κ2) is 9.03. The predicted octanol–water partition coefficient (Wildman–Crippen LogP) is 3.89. The van der Waals surface area contributed by atoms with Crippen LogP contribution in [0.25, 0.3) is 11.0 Å². The Morgan fingerprint density at radius 1 is 1.16 bits per heavy atom. The van der Waals surface area contributed by atoms with Gasteiger partial charge in [-0.25, -0.2) is 13.4 Å². The minimum atomic E-state index is -3.63. The van der Waals surface area contributed by atoms with Crippen LogP contribution in [0.4, 0.5) is 0 Å². The molecule has 2 heterocycles. The first-order valence-corrected chi connectivity index (χ1v) is 12.6. The molecule has 1 atom stereocenters. The summed E-state index contributed by atoms with van der Waals surface area (Å²) in [7, 11) is -1.92. The number of para-hydroxylation sites is 2. The quantitative estimate of drug-likeness (QED) is 0.566. The van der Waals surface area contributed by atoms with E-state index in [1.54, 1.807) is 34.5 Å². The summed E-state index contributed by atoms with van der Waals surface area (Å²) in [5.41, 5.74) is 2.29. The maximum Gasteiger partial charge on any atom is 0.254 e. The number of amides is 1. The van der Waals surface area contributed by atoms with Gasteiger partial charge in [0.1, 0.15) is 5.82 Å². The van der Waals surface area contributed by atoms with Crippen LogP contribution in [0.2, 0.25) is 0 Å². The van der Waals surface area contributed by atoms with E-state index in [4.69, 9.17) is 4.98 Å². The van der Waals surface area contributed by atoms with Gasteiger partial charge in [-0.1, -0.05) is 24.6 Å². The lowest BCUT2D eigenvalue weighted by Gasteiger charge is -2.32. The zero-order chi connectivity index (χ0) is 22.9. The van der Waals surface area contributed by atoms with Gasteiger partial charge in [-0.2, -0.15) is 4.31 Å². The zero-order valence-electron chi connectivity index (χ0n) is 18.9. The van der Waals surface area contributed by atoms with Gasteiger partial charge in [0.25, 0.3) is 5.91 Å². The van der Waals surface area contributed by atoms with Gasteiger partial charge in [-0.05, 0) is 57.0 Å². The third-order valence-corrected chi connectivity index (χ3v) is 8.21. The van der Waals surface area contributed by atoms with E-state index in [9.17, 15) is 13.2 Å². The molecular formula is C24H30N4O3S. The second-order valence-corrected chi connectivity index (χ2v) is 10.3. The summed E-state index contributed by atoms with van der Waals surface area (Å²) in [5.74, 6) is 0.568. The number of aromatic nitrogens is 2. The van der Waals surface area contributed by atoms with Crippen molar-refractivity contribution < 1.29 is 13.2 Å². The summed E-state index contributed by atoms with van der Waals surface area (Å²) in [5, 5.41) is 0. The predicted molar refractivity (Wildman–Crippen MR) is 125 cm³/mol. The van der Waals surface area contributed by atoms with Crippen LogP contribution in [-0.2, 0) is 23.1 Å². The molecule has 3 aromatic rings. The highest BCUT2D eigenvalue weighted by molar-refractivity contribution is 7.89. The molecular weight excluding hydrogens is 424 g/mol. The lowest BCUT2D eigenvalue weighted by atomic mass is 10.1. The number of sulfonamides is 1. The highest BCUT2D eigenvalue weighted by Gasteiger charge is 2.31. The summed E-state index contributed by atoms with van der Waals surface area (Å²) in [6.45, 7) is 5.60. The number of hydrogen-bond acceptors (Lipinski definition) is 4. The molecule has 1 saturated heterocycles. The molecule has 1 unspecified atom stereocenters. The molecule has 8 heteroatoms. The van der Waals surface area contributed by atoms with E-state index in [2.05, 4.69) is 11.5 Å². The van der Waals surface area contributed by atoms with Gasteiger partial charge in [0, 0.05) is 31.7 Å². The van der Waals surface area contributed by atoms with Gasteiger partial charge in [-0.3, -0.25) is 4.79 Å². The molecule has 170 valence electrons. The Morgan fingerprint density at radius 2 is 1.94 bits per heavy atom. The number of aryl methyl sites for hydroxylation is 1. The van der Waals surface area contributed by atoms with Crippen molar-refractivity contribution in [2.75, 3.05) is 13.6 Å². The van der Waals surface area contributed by atoms with E-state index < -0.39 is 10.0 Å². The van der Waals surface area contributed by atoms with Gasteiger partial charge in [0.2, 0.25) is 10.0 Å². The van der Waals surface area contributed by atoms with E-state index >= 15 is 0 Å². The van der Waals surface area contributed by atoms with E-state index in [1.807, 2.05) is 31.2 Å². The fraction of sp³-hybridized carbons (Fsp3) is 0.417. The monoisotopic (exact) mass is 454 g/mol. The zero-order valence-corrected chi connectivity index (χ0v) is 19.7. The first kappa shape index (κ1) is 22.5. The molecule has 0 aliphatic carbocycles. The third-order valence-electron chi connectivity index (χ3n) is 6.20. The summed E-state index contributed by atoms with van der Waals surface area (Å²) in [6.07, 6.45) is 2.77. The molecule has 1 aliphatic heterocycles. The van der Waals surface area contributed by atoms with Gasteiger partial charge in [-0.15, -0.1) is 0 Å². The fourth-order valence-electron chi connectivity index (χ4n) is 4.46. The van der Waals surface area contributed by atoms with Crippen LogP contribution in [0.15, 0.2) is 53.4 Å². The van der Waals surface area contributed by atoms with Gasteiger partial charge in [0.05, 0.1) is 22.5 Å². The Morgan fingerprint density at radius 3 is 2.69 bits per heavy atom. The number of piperidine rings is 1. The van der Waals surface area contributed by atoms with Crippen LogP contribution in [0.1, 0.15) is 49.3 Å². The van der Waals surface area contributed by atoms with Crippen molar-refractivity contribution in [3.63, 3.8) is 0 Å². The van der Waals surface area contributed by atoms with Crippen molar-refractivity contribution in [1.29, 1.82) is 0 Å². The molecule has 32 heavy (non-hydrogen) atoms. The van der Waals surface area contributed by atoms with E-state index in [1.165, 1.54) is 6.07 Å². The van der Waals surface area contributed by atoms with Crippen molar-refractivity contribution in [1.82, 2.24) is 18.8 Å². The Bertz CT molecular complexity index is 1240. The summed E-state index contributed by atoms with van der Waals surface area (Å²) >= 11 is 0. The Labute approximate surface area is 189 Å². The van der Waals surface area contributed by atoms with Crippen molar-refractivity contribution in [2.24, 2.45) is 0 Å². The highest BCUT2D eigenvalue weighted by Crippen LogP contribution is 2.26. The van der Waals surface area contributed by atoms with Crippen molar-refractivity contribution in [3.05, 3.63) is 59.9 Å². The normalized spacial score (nSPS) is 17.5. The van der Waals surface area contributed by atoms with Crippen LogP contribution in [-0.4, -0.2) is 52.7 Å². The molecule has 2 aromatic carbocycles. The molecule has 4 rings (SSSR count). The maximum absolute atomic E-state index is 13.2. The van der Waals surface area contributed by atoms with Gasteiger partial charge in [0.15, 0.2) is 0 Å². The smallest absolute Gasteiger partial charge is 0.254 e. The molecule has 0 radical (unpaired) electrons. The third kappa shape index (κ3) is 4.17. The Balaban J connectivity index is 1.58. The lowest BCUT2D eigenvalue weighted by Crippen LogP contribution is -2.42. The lowest BCUT2D eigenvalue weighted by molar-refractivity contribution is 0.0780. The van der Waals surface area contributed by atoms with Crippen LogP contribution < -0.4 is 0 Å². The molecule has 1 fully saturated rings.